The molecule has 0 saturated heterocycles. The van der Waals surface area contributed by atoms with Crippen LogP contribution in [0.25, 0.3) is 11.3 Å². The van der Waals surface area contributed by atoms with E-state index in [1.165, 1.54) is 0 Å². The van der Waals surface area contributed by atoms with E-state index >= 15 is 0 Å². The van der Waals surface area contributed by atoms with Crippen molar-refractivity contribution in [2.45, 2.75) is 6.54 Å². The molecule has 2 rings (SSSR count). The van der Waals surface area contributed by atoms with Gasteiger partial charge in [0.2, 0.25) is 0 Å². The summed E-state index contributed by atoms with van der Waals surface area (Å²) in [5.41, 5.74) is 1.88. The van der Waals surface area contributed by atoms with Crippen molar-refractivity contribution >= 4 is 41.7 Å². The smallest absolute Gasteiger partial charge is 0.191 e. The molecule has 5 nitrogen and oxygen atoms in total. The highest BCUT2D eigenvalue weighted by Crippen LogP contribution is 2.19. The molecular weight excluding hydrogens is 411 g/mol. The molecule has 0 saturated carbocycles. The van der Waals surface area contributed by atoms with Crippen molar-refractivity contribution in [1.82, 2.24) is 15.8 Å². The van der Waals surface area contributed by atoms with E-state index in [1.807, 2.05) is 36.4 Å². The van der Waals surface area contributed by atoms with Gasteiger partial charge in [-0.3, -0.25) is 4.99 Å². The van der Waals surface area contributed by atoms with Crippen molar-refractivity contribution < 1.29 is 4.52 Å². The van der Waals surface area contributed by atoms with E-state index in [4.69, 9.17) is 4.52 Å². The molecule has 22 heavy (non-hydrogen) atoms. The van der Waals surface area contributed by atoms with E-state index in [-0.39, 0.29) is 24.0 Å². The van der Waals surface area contributed by atoms with Crippen molar-refractivity contribution in [3.8, 4) is 11.3 Å². The van der Waals surface area contributed by atoms with Crippen LogP contribution in [-0.2, 0) is 6.54 Å². The van der Waals surface area contributed by atoms with Gasteiger partial charge >= 0.3 is 0 Å². The maximum Gasteiger partial charge on any atom is 0.191 e. The Morgan fingerprint density at radius 1 is 1.27 bits per heavy atom. The highest BCUT2D eigenvalue weighted by Gasteiger charge is 2.06. The molecule has 0 amide bonds. The zero-order chi connectivity index (χ0) is 14.9. The Labute approximate surface area is 152 Å². The predicted molar refractivity (Wildman–Crippen MR) is 104 cm³/mol. The number of aromatic nitrogens is 1. The van der Waals surface area contributed by atoms with E-state index in [2.05, 4.69) is 27.0 Å². The molecule has 120 valence electrons. The van der Waals surface area contributed by atoms with Crippen LogP contribution >= 0.6 is 35.7 Å². The third-order valence-electron chi connectivity index (χ3n) is 2.88. The van der Waals surface area contributed by atoms with E-state index in [9.17, 15) is 0 Å². The molecule has 0 aliphatic rings. The number of hydrogen-bond acceptors (Lipinski definition) is 4. The Morgan fingerprint density at radius 3 is 2.73 bits per heavy atom. The first-order valence-corrected chi connectivity index (χ1v) is 8.17. The molecule has 2 N–H and O–H groups in total. The van der Waals surface area contributed by atoms with Gasteiger partial charge in [-0.05, 0) is 6.26 Å². The number of nitrogens with one attached hydrogen (secondary N) is 2. The largest absolute Gasteiger partial charge is 0.356 e. The second-order valence-electron chi connectivity index (χ2n) is 4.39. The van der Waals surface area contributed by atoms with Crippen molar-refractivity contribution in [2.75, 3.05) is 25.6 Å². The molecule has 1 heterocycles. The van der Waals surface area contributed by atoms with E-state index < -0.39 is 0 Å². The van der Waals surface area contributed by atoms with Gasteiger partial charge in [0, 0.05) is 31.0 Å². The van der Waals surface area contributed by atoms with Crippen LogP contribution in [0.15, 0.2) is 45.9 Å². The number of aliphatic imine (C=N–C) groups is 1. The third kappa shape index (κ3) is 5.88. The number of thioether (sulfide) groups is 1. The molecule has 0 bridgehead atoms. The van der Waals surface area contributed by atoms with Crippen molar-refractivity contribution in [1.29, 1.82) is 0 Å². The minimum atomic E-state index is 0. The van der Waals surface area contributed by atoms with Gasteiger partial charge in [-0.25, -0.2) is 0 Å². The minimum Gasteiger partial charge on any atom is -0.356 e. The maximum atomic E-state index is 5.36. The van der Waals surface area contributed by atoms with Crippen LogP contribution in [0.4, 0.5) is 0 Å². The number of hydrogen-bond donors (Lipinski definition) is 2. The fourth-order valence-electron chi connectivity index (χ4n) is 1.80. The average molecular weight is 432 g/mol. The Balaban J connectivity index is 0.00000242. The van der Waals surface area contributed by atoms with Gasteiger partial charge in [0.05, 0.1) is 6.54 Å². The monoisotopic (exact) mass is 432 g/mol. The van der Waals surface area contributed by atoms with Gasteiger partial charge < -0.3 is 15.2 Å². The number of nitrogens with zero attached hydrogens (tertiary/aromatic N) is 2. The molecular formula is C15H21IN4OS. The zero-order valence-electron chi connectivity index (χ0n) is 12.7. The molecule has 0 radical (unpaired) electrons. The van der Waals surface area contributed by atoms with Gasteiger partial charge in [0.1, 0.15) is 5.69 Å². The van der Waals surface area contributed by atoms with Crippen LogP contribution in [0.5, 0.6) is 0 Å². The van der Waals surface area contributed by atoms with E-state index in [0.29, 0.717) is 6.54 Å². The van der Waals surface area contributed by atoms with Gasteiger partial charge in [-0.2, -0.15) is 11.8 Å². The number of benzene rings is 1. The number of guanidine groups is 1. The zero-order valence-corrected chi connectivity index (χ0v) is 15.9. The topological polar surface area (TPSA) is 62.5 Å². The molecule has 0 aliphatic carbocycles. The van der Waals surface area contributed by atoms with Gasteiger partial charge in [0.25, 0.3) is 0 Å². The van der Waals surface area contributed by atoms with Crippen LogP contribution in [-0.4, -0.2) is 36.7 Å². The summed E-state index contributed by atoms with van der Waals surface area (Å²) in [5, 5.41) is 10.5. The first-order chi connectivity index (χ1) is 10.3. The summed E-state index contributed by atoms with van der Waals surface area (Å²) in [5.74, 6) is 2.59. The summed E-state index contributed by atoms with van der Waals surface area (Å²) >= 11 is 1.80. The fourth-order valence-corrected chi connectivity index (χ4v) is 2.11. The van der Waals surface area contributed by atoms with E-state index in [0.717, 1.165) is 35.3 Å². The summed E-state index contributed by atoms with van der Waals surface area (Å²) in [6, 6.07) is 11.9. The van der Waals surface area contributed by atoms with Gasteiger partial charge in [0.15, 0.2) is 11.7 Å². The SMILES string of the molecule is CN=C(NCCSC)NCc1cc(-c2ccccc2)on1.I. The lowest BCUT2D eigenvalue weighted by Gasteiger charge is -2.09. The number of rotatable bonds is 6. The van der Waals surface area contributed by atoms with Crippen molar-refractivity contribution in [3.63, 3.8) is 0 Å². The quantitative estimate of drug-likeness (QED) is 0.318. The van der Waals surface area contributed by atoms with Crippen molar-refractivity contribution in [3.05, 3.63) is 42.1 Å². The highest BCUT2D eigenvalue weighted by molar-refractivity contribution is 14.0. The normalized spacial score (nSPS) is 10.9. The molecule has 0 aliphatic heterocycles. The molecule has 0 spiro atoms. The van der Waals surface area contributed by atoms with Crippen LogP contribution in [0.1, 0.15) is 5.69 Å². The lowest BCUT2D eigenvalue weighted by Crippen LogP contribution is -2.37. The molecule has 1 aromatic carbocycles. The molecule has 1 aromatic heterocycles. The summed E-state index contributed by atoms with van der Waals surface area (Å²) in [7, 11) is 1.76. The Hall–Kier alpha value is -1.22. The third-order valence-corrected chi connectivity index (χ3v) is 3.49. The summed E-state index contributed by atoms with van der Waals surface area (Å²) in [4.78, 5) is 4.17. The van der Waals surface area contributed by atoms with Crippen molar-refractivity contribution in [2.24, 2.45) is 4.99 Å². The van der Waals surface area contributed by atoms with Gasteiger partial charge in [-0.1, -0.05) is 35.5 Å². The minimum absolute atomic E-state index is 0. The lowest BCUT2D eigenvalue weighted by atomic mass is 10.2. The summed E-state index contributed by atoms with van der Waals surface area (Å²) in [6.07, 6.45) is 2.08. The summed E-state index contributed by atoms with van der Waals surface area (Å²) in [6.45, 7) is 1.46. The maximum absolute atomic E-state index is 5.36. The molecule has 2 aromatic rings. The molecule has 0 fully saturated rings. The van der Waals surface area contributed by atoms with Crippen LogP contribution in [0, 0.1) is 0 Å². The first-order valence-electron chi connectivity index (χ1n) is 6.78. The first kappa shape index (κ1) is 18.8. The van der Waals surface area contributed by atoms with E-state index in [1.54, 1.807) is 18.8 Å². The lowest BCUT2D eigenvalue weighted by molar-refractivity contribution is 0.422. The van der Waals surface area contributed by atoms with Gasteiger partial charge in [-0.15, -0.1) is 24.0 Å². The molecule has 0 atom stereocenters. The second kappa shape index (κ2) is 10.5. The van der Waals surface area contributed by atoms with Crippen LogP contribution in [0.3, 0.4) is 0 Å². The Morgan fingerprint density at radius 2 is 2.05 bits per heavy atom. The molecule has 0 unspecified atom stereocenters. The number of halogens is 1. The van der Waals surface area contributed by atoms with Crippen LogP contribution in [0.2, 0.25) is 0 Å². The Bertz CT molecular complexity index is 574. The standard InChI is InChI=1S/C15H20N4OS.HI/c1-16-15(17-8-9-21-2)18-11-13-10-14(20-19-13)12-6-4-3-5-7-12;/h3-7,10H,8-9,11H2,1-2H3,(H2,16,17,18);1H. The highest BCUT2D eigenvalue weighted by atomic mass is 127. The van der Waals surface area contributed by atoms with Crippen LogP contribution < -0.4 is 10.6 Å². The average Bonchev–Trinajstić information content (AvgIpc) is 3.00. The molecule has 7 heteroatoms. The Kier molecular flexibility index (Phi) is 8.98. The second-order valence-corrected chi connectivity index (χ2v) is 5.38. The predicted octanol–water partition coefficient (Wildman–Crippen LogP) is 2.99. The summed E-state index contributed by atoms with van der Waals surface area (Å²) < 4.78 is 5.36. The fraction of sp³-hybridized carbons (Fsp3) is 0.333.